The first-order valence-electron chi connectivity index (χ1n) is 8.61. The topological polar surface area (TPSA) is 27.7 Å². The largest absolute Gasteiger partial charge is 1.00 e. The Morgan fingerprint density at radius 1 is 0.917 bits per heavy atom. The molecule has 1 rings (SSSR count). The van der Waals surface area contributed by atoms with Crippen molar-refractivity contribution in [1.29, 1.82) is 0 Å². The average molecular weight is 346 g/mol. The van der Waals surface area contributed by atoms with Crippen molar-refractivity contribution in [1.82, 2.24) is 0 Å². The van der Waals surface area contributed by atoms with Gasteiger partial charge in [-0.1, -0.05) is 52.8 Å². The molecule has 4 heteroatoms. The third-order valence-corrected chi connectivity index (χ3v) is 3.90. The van der Waals surface area contributed by atoms with Crippen molar-refractivity contribution in [2.24, 2.45) is 10.8 Å². The van der Waals surface area contributed by atoms with Crippen molar-refractivity contribution < 1.29 is 45.2 Å². The molecule has 134 valence electrons. The molecule has 0 heterocycles. The minimum absolute atomic E-state index is 0. The van der Waals surface area contributed by atoms with E-state index in [-0.39, 0.29) is 41.8 Å². The number of para-hydroxylation sites is 1. The Bertz CT molecular complexity index is 460. The summed E-state index contributed by atoms with van der Waals surface area (Å²) in [6.45, 7) is 16.8. The van der Waals surface area contributed by atoms with Gasteiger partial charge in [0.1, 0.15) is 12.4 Å². The van der Waals surface area contributed by atoms with Crippen molar-refractivity contribution in [2.75, 3.05) is 19.8 Å². The van der Waals surface area contributed by atoms with Gasteiger partial charge in [0.15, 0.2) is 0 Å². The van der Waals surface area contributed by atoms with Crippen LogP contribution in [0.1, 0.15) is 56.3 Å². The van der Waals surface area contributed by atoms with Gasteiger partial charge in [0, 0.05) is 18.6 Å². The molecular weight excluding hydrogens is 311 g/mol. The van der Waals surface area contributed by atoms with E-state index in [9.17, 15) is 0 Å². The van der Waals surface area contributed by atoms with Crippen LogP contribution in [0.15, 0.2) is 30.3 Å². The number of hydrogen-bond donors (Lipinski definition) is 0. The molecule has 0 aromatic heterocycles. The molecule has 1 unspecified atom stereocenters. The molecule has 0 N–H and O–H groups in total. The second kappa shape index (κ2) is 10.2. The molecule has 0 saturated heterocycles. The predicted octanol–water partition coefficient (Wildman–Crippen LogP) is 2.41. The van der Waals surface area contributed by atoms with E-state index in [1.807, 2.05) is 44.2 Å². The fraction of sp³-hybridized carbons (Fsp3) is 0.700. The third-order valence-electron chi connectivity index (χ3n) is 3.90. The Labute approximate surface area is 172 Å². The van der Waals surface area contributed by atoms with E-state index in [1.54, 1.807) is 0 Å². The molecule has 0 aliphatic carbocycles. The van der Waals surface area contributed by atoms with Gasteiger partial charge in [-0.3, -0.25) is 0 Å². The van der Waals surface area contributed by atoms with Gasteiger partial charge in [0.25, 0.3) is 0 Å². The maximum atomic E-state index is 6.41. The maximum absolute atomic E-state index is 6.41. The van der Waals surface area contributed by atoms with Crippen LogP contribution < -0.4 is 34.3 Å². The SMILES string of the molecule is CCOCC(OCC)(Oc1ccccc1)C(C)(C)CC(C)(C)C.[H-].[Na+]. The summed E-state index contributed by atoms with van der Waals surface area (Å²) in [4.78, 5) is 0. The van der Waals surface area contributed by atoms with E-state index >= 15 is 0 Å². The third kappa shape index (κ3) is 7.05. The fourth-order valence-corrected chi connectivity index (χ4v) is 3.24. The average Bonchev–Trinajstić information content (AvgIpc) is 2.43. The molecule has 24 heavy (non-hydrogen) atoms. The van der Waals surface area contributed by atoms with Crippen LogP contribution in [0, 0.1) is 10.8 Å². The first-order valence-corrected chi connectivity index (χ1v) is 8.61. The van der Waals surface area contributed by atoms with Crippen LogP contribution in [0.3, 0.4) is 0 Å². The number of hydrogen-bond acceptors (Lipinski definition) is 3. The summed E-state index contributed by atoms with van der Waals surface area (Å²) in [5.41, 5.74) is -0.0512. The number of benzene rings is 1. The number of ether oxygens (including phenoxy) is 3. The van der Waals surface area contributed by atoms with Gasteiger partial charge >= 0.3 is 29.6 Å². The quantitative estimate of drug-likeness (QED) is 0.508. The summed E-state index contributed by atoms with van der Waals surface area (Å²) in [7, 11) is 0. The van der Waals surface area contributed by atoms with Crippen molar-refractivity contribution in [3.8, 4) is 5.75 Å². The Balaban J connectivity index is 0. The molecule has 0 bridgehead atoms. The normalized spacial score (nSPS) is 14.6. The standard InChI is InChI=1S/C20H34O3.Na.H/c1-8-21-16-20(22-9-2,19(6,7)15-18(3,4)5)23-17-13-11-10-12-14-17;;/h10-14H,8-9,15-16H2,1-7H3;;/q;+1;-1. The van der Waals surface area contributed by atoms with Crippen LogP contribution in [0.4, 0.5) is 0 Å². The van der Waals surface area contributed by atoms with Crippen molar-refractivity contribution in [3.63, 3.8) is 0 Å². The molecule has 0 radical (unpaired) electrons. The van der Waals surface area contributed by atoms with Crippen LogP contribution in [-0.4, -0.2) is 25.6 Å². The molecule has 1 aromatic rings. The van der Waals surface area contributed by atoms with E-state index in [4.69, 9.17) is 14.2 Å². The smallest absolute Gasteiger partial charge is 1.00 e. The number of rotatable bonds is 9. The van der Waals surface area contributed by atoms with Gasteiger partial charge in [-0.2, -0.15) is 0 Å². The van der Waals surface area contributed by atoms with Crippen LogP contribution in [0.25, 0.3) is 0 Å². The van der Waals surface area contributed by atoms with Crippen molar-refractivity contribution in [2.45, 2.75) is 60.7 Å². The zero-order valence-corrected chi connectivity index (χ0v) is 18.9. The molecule has 0 spiro atoms. The Morgan fingerprint density at radius 3 is 1.96 bits per heavy atom. The molecule has 0 fully saturated rings. The predicted molar refractivity (Wildman–Crippen MR) is 96.9 cm³/mol. The maximum Gasteiger partial charge on any atom is 1.00 e. The molecular formula is C20H35NaO3. The van der Waals surface area contributed by atoms with Gasteiger partial charge in [-0.25, -0.2) is 0 Å². The van der Waals surface area contributed by atoms with Gasteiger partial charge < -0.3 is 15.6 Å². The van der Waals surface area contributed by atoms with Gasteiger partial charge in [-0.15, -0.1) is 0 Å². The van der Waals surface area contributed by atoms with Crippen molar-refractivity contribution >= 4 is 0 Å². The first-order chi connectivity index (χ1) is 10.7. The Morgan fingerprint density at radius 2 is 1.50 bits per heavy atom. The van der Waals surface area contributed by atoms with Gasteiger partial charge in [0.2, 0.25) is 5.79 Å². The van der Waals surface area contributed by atoms with E-state index in [0.29, 0.717) is 19.8 Å². The summed E-state index contributed by atoms with van der Waals surface area (Å²) in [6.07, 6.45) is 0.958. The van der Waals surface area contributed by atoms with Crippen LogP contribution >= 0.6 is 0 Å². The molecule has 1 atom stereocenters. The molecule has 0 aliphatic rings. The fourth-order valence-electron chi connectivity index (χ4n) is 3.24. The summed E-state index contributed by atoms with van der Waals surface area (Å²) >= 11 is 0. The Hall–Kier alpha value is -0.0600. The van der Waals surface area contributed by atoms with Crippen LogP contribution in [0.5, 0.6) is 5.75 Å². The molecule has 0 aliphatic heterocycles. The monoisotopic (exact) mass is 346 g/mol. The molecule has 0 saturated carbocycles. The molecule has 0 amide bonds. The van der Waals surface area contributed by atoms with Gasteiger partial charge in [-0.05, 0) is 37.8 Å². The molecule has 3 nitrogen and oxygen atoms in total. The Kier molecular flexibility index (Phi) is 10.2. The van der Waals surface area contributed by atoms with E-state index < -0.39 is 5.79 Å². The summed E-state index contributed by atoms with van der Waals surface area (Å²) < 4.78 is 18.4. The van der Waals surface area contributed by atoms with E-state index in [0.717, 1.165) is 12.2 Å². The minimum Gasteiger partial charge on any atom is -1.00 e. The molecule has 1 aromatic carbocycles. The first kappa shape index (κ1) is 23.9. The van der Waals surface area contributed by atoms with Crippen LogP contribution in [0.2, 0.25) is 0 Å². The second-order valence-corrected chi connectivity index (χ2v) is 7.86. The summed E-state index contributed by atoms with van der Waals surface area (Å²) in [5, 5.41) is 0. The van der Waals surface area contributed by atoms with E-state index in [2.05, 4.69) is 34.6 Å². The minimum atomic E-state index is -0.813. The van der Waals surface area contributed by atoms with Crippen LogP contribution in [-0.2, 0) is 9.47 Å². The zero-order valence-electron chi connectivity index (χ0n) is 17.9. The summed E-state index contributed by atoms with van der Waals surface area (Å²) in [5.74, 6) is -0.00510. The van der Waals surface area contributed by atoms with Gasteiger partial charge in [0.05, 0.1) is 0 Å². The second-order valence-electron chi connectivity index (χ2n) is 7.86. The van der Waals surface area contributed by atoms with Crippen molar-refractivity contribution in [3.05, 3.63) is 30.3 Å². The zero-order chi connectivity index (χ0) is 17.6. The summed E-state index contributed by atoms with van der Waals surface area (Å²) in [6, 6.07) is 9.87. The van der Waals surface area contributed by atoms with E-state index in [1.165, 1.54) is 0 Å².